The number of amides is 1. The summed E-state index contributed by atoms with van der Waals surface area (Å²) in [4.78, 5) is 14.8. The Morgan fingerprint density at radius 1 is 1.04 bits per heavy atom. The third kappa shape index (κ3) is 4.30. The molecule has 3 heterocycles. The van der Waals surface area contributed by atoms with Gasteiger partial charge in [0, 0.05) is 31.6 Å². The van der Waals surface area contributed by atoms with E-state index in [9.17, 15) is 18.0 Å². The molecular formula is C19H26ClF3N4O. The summed E-state index contributed by atoms with van der Waals surface area (Å²) in [7, 11) is 0. The molecule has 4 rings (SSSR count). The number of nitrogens with zero attached hydrogens (tertiary/aromatic N) is 1. The minimum absolute atomic E-state index is 0. The van der Waals surface area contributed by atoms with Crippen molar-refractivity contribution in [1.29, 1.82) is 0 Å². The van der Waals surface area contributed by atoms with Gasteiger partial charge in [-0.3, -0.25) is 10.2 Å². The van der Waals surface area contributed by atoms with E-state index < -0.39 is 11.7 Å². The summed E-state index contributed by atoms with van der Waals surface area (Å²) in [6, 6.07) is 5.58. The Morgan fingerprint density at radius 2 is 1.71 bits per heavy atom. The van der Waals surface area contributed by atoms with Crippen molar-refractivity contribution >= 4 is 18.3 Å². The Labute approximate surface area is 168 Å². The standard InChI is InChI=1S/C19H25F3N4O.ClH/c20-19(21,22)14-3-1-12(2-4-14)13-6-9-26(10-7-13)18(27)17-15-11-23-8-5-16(15)24-25-17;/h1-4,13,15-17,23-25H,5-11H2;1H. The monoisotopic (exact) mass is 418 g/mol. The number of hydrogen-bond acceptors (Lipinski definition) is 4. The van der Waals surface area contributed by atoms with E-state index in [4.69, 9.17) is 0 Å². The lowest BCUT2D eigenvalue weighted by atomic mass is 9.86. The number of hydrazine groups is 1. The van der Waals surface area contributed by atoms with Gasteiger partial charge < -0.3 is 10.2 Å². The molecule has 1 amide bonds. The topological polar surface area (TPSA) is 56.4 Å². The van der Waals surface area contributed by atoms with E-state index in [1.807, 2.05) is 4.90 Å². The van der Waals surface area contributed by atoms with Crippen molar-refractivity contribution in [3.05, 3.63) is 35.4 Å². The lowest BCUT2D eigenvalue weighted by Gasteiger charge is -2.35. The Balaban J connectivity index is 0.00000225. The number of fused-ring (bicyclic) bond motifs is 1. The van der Waals surface area contributed by atoms with Gasteiger partial charge in [0.25, 0.3) is 0 Å². The van der Waals surface area contributed by atoms with Crippen LogP contribution in [0.15, 0.2) is 24.3 Å². The minimum atomic E-state index is -4.30. The largest absolute Gasteiger partial charge is 0.416 e. The normalized spacial score (nSPS) is 28.5. The first kappa shape index (κ1) is 21.4. The van der Waals surface area contributed by atoms with Crippen LogP contribution in [0.3, 0.4) is 0 Å². The molecule has 5 nitrogen and oxygen atoms in total. The third-order valence-corrected chi connectivity index (χ3v) is 6.16. The van der Waals surface area contributed by atoms with Gasteiger partial charge in [0.2, 0.25) is 5.91 Å². The van der Waals surface area contributed by atoms with Crippen LogP contribution in [0.4, 0.5) is 13.2 Å². The SMILES string of the molecule is Cl.O=C(C1NNC2CCNCC21)N1CCC(c2ccc(C(F)(F)F)cc2)CC1. The Kier molecular flexibility index (Phi) is 6.54. The molecular weight excluding hydrogens is 393 g/mol. The first-order valence-electron chi connectivity index (χ1n) is 9.61. The number of benzene rings is 1. The third-order valence-electron chi connectivity index (χ3n) is 6.16. The highest BCUT2D eigenvalue weighted by atomic mass is 35.5. The molecule has 3 aliphatic rings. The fourth-order valence-corrected chi connectivity index (χ4v) is 4.53. The molecule has 156 valence electrons. The first-order chi connectivity index (χ1) is 12.9. The predicted octanol–water partition coefficient (Wildman–Crippen LogP) is 2.29. The zero-order valence-electron chi connectivity index (χ0n) is 15.5. The molecule has 1 aromatic rings. The van der Waals surface area contributed by atoms with Crippen LogP contribution in [0.5, 0.6) is 0 Å². The van der Waals surface area contributed by atoms with Gasteiger partial charge in [0.15, 0.2) is 0 Å². The molecule has 9 heteroatoms. The van der Waals surface area contributed by atoms with Crippen LogP contribution in [0, 0.1) is 5.92 Å². The molecule has 0 aliphatic carbocycles. The Bertz CT molecular complexity index is 677. The van der Waals surface area contributed by atoms with Crippen molar-refractivity contribution in [2.24, 2.45) is 5.92 Å². The molecule has 3 unspecified atom stereocenters. The summed E-state index contributed by atoms with van der Waals surface area (Å²) in [5.41, 5.74) is 6.73. The second kappa shape index (κ2) is 8.57. The molecule has 28 heavy (non-hydrogen) atoms. The van der Waals surface area contributed by atoms with Gasteiger partial charge in [0.05, 0.1) is 5.56 Å². The number of likely N-dealkylation sites (tertiary alicyclic amines) is 1. The van der Waals surface area contributed by atoms with Crippen LogP contribution in [-0.4, -0.2) is 49.1 Å². The number of nitrogens with one attached hydrogen (secondary N) is 3. The summed E-state index contributed by atoms with van der Waals surface area (Å²) < 4.78 is 38.1. The van der Waals surface area contributed by atoms with Crippen molar-refractivity contribution in [1.82, 2.24) is 21.1 Å². The number of halogens is 4. The molecule has 3 N–H and O–H groups in total. The van der Waals surface area contributed by atoms with Crippen LogP contribution in [-0.2, 0) is 11.0 Å². The maximum atomic E-state index is 12.9. The molecule has 0 aromatic heterocycles. The van der Waals surface area contributed by atoms with Crippen LogP contribution < -0.4 is 16.2 Å². The maximum Gasteiger partial charge on any atom is 0.416 e. The van der Waals surface area contributed by atoms with Gasteiger partial charge in [-0.15, -0.1) is 12.4 Å². The molecule has 3 aliphatic heterocycles. The van der Waals surface area contributed by atoms with E-state index in [1.54, 1.807) is 12.1 Å². The van der Waals surface area contributed by atoms with Crippen molar-refractivity contribution in [2.75, 3.05) is 26.2 Å². The quantitative estimate of drug-likeness (QED) is 0.689. The van der Waals surface area contributed by atoms with E-state index in [2.05, 4.69) is 16.2 Å². The fourth-order valence-electron chi connectivity index (χ4n) is 4.53. The highest BCUT2D eigenvalue weighted by Crippen LogP contribution is 2.33. The highest BCUT2D eigenvalue weighted by molar-refractivity contribution is 5.85. The van der Waals surface area contributed by atoms with E-state index in [-0.39, 0.29) is 36.2 Å². The van der Waals surface area contributed by atoms with Gasteiger partial charge in [-0.1, -0.05) is 12.1 Å². The fraction of sp³-hybridized carbons (Fsp3) is 0.632. The highest BCUT2D eigenvalue weighted by Gasteiger charge is 2.43. The van der Waals surface area contributed by atoms with Crippen LogP contribution in [0.25, 0.3) is 0 Å². The average molecular weight is 419 g/mol. The van der Waals surface area contributed by atoms with Gasteiger partial charge in [-0.2, -0.15) is 13.2 Å². The number of hydrogen-bond donors (Lipinski definition) is 3. The summed E-state index contributed by atoms with van der Waals surface area (Å²) in [5, 5.41) is 3.36. The molecule has 3 saturated heterocycles. The smallest absolute Gasteiger partial charge is 0.341 e. The summed E-state index contributed by atoms with van der Waals surface area (Å²) in [6.07, 6.45) is -1.73. The predicted molar refractivity (Wildman–Crippen MR) is 102 cm³/mol. The number of alkyl halides is 3. The summed E-state index contributed by atoms with van der Waals surface area (Å²) in [5.74, 6) is 0.596. The summed E-state index contributed by atoms with van der Waals surface area (Å²) in [6.45, 7) is 3.10. The van der Waals surface area contributed by atoms with E-state index >= 15 is 0 Å². The van der Waals surface area contributed by atoms with E-state index in [1.165, 1.54) is 0 Å². The van der Waals surface area contributed by atoms with Crippen LogP contribution in [0.1, 0.15) is 36.3 Å². The van der Waals surface area contributed by atoms with Gasteiger partial charge in [0.1, 0.15) is 6.04 Å². The lowest BCUT2D eigenvalue weighted by Crippen LogP contribution is -2.52. The minimum Gasteiger partial charge on any atom is -0.341 e. The second-order valence-electron chi connectivity index (χ2n) is 7.75. The zero-order valence-corrected chi connectivity index (χ0v) is 16.3. The van der Waals surface area contributed by atoms with Gasteiger partial charge >= 0.3 is 6.18 Å². The Hall–Kier alpha value is -1.35. The first-order valence-corrected chi connectivity index (χ1v) is 9.61. The molecule has 3 fully saturated rings. The number of carbonyl (C=O) groups excluding carboxylic acids is 1. The van der Waals surface area contributed by atoms with E-state index in [0.717, 1.165) is 50.0 Å². The number of piperidine rings is 2. The van der Waals surface area contributed by atoms with Gasteiger partial charge in [-0.05, 0) is 49.4 Å². The van der Waals surface area contributed by atoms with Crippen molar-refractivity contribution in [2.45, 2.75) is 43.4 Å². The van der Waals surface area contributed by atoms with Crippen molar-refractivity contribution < 1.29 is 18.0 Å². The molecule has 0 spiro atoms. The van der Waals surface area contributed by atoms with Gasteiger partial charge in [-0.25, -0.2) is 5.43 Å². The molecule has 0 saturated carbocycles. The molecule has 0 bridgehead atoms. The van der Waals surface area contributed by atoms with E-state index in [0.29, 0.717) is 19.1 Å². The number of carbonyl (C=O) groups is 1. The number of rotatable bonds is 2. The Morgan fingerprint density at radius 3 is 2.36 bits per heavy atom. The van der Waals surface area contributed by atoms with Crippen molar-refractivity contribution in [3.63, 3.8) is 0 Å². The average Bonchev–Trinajstić information content (AvgIpc) is 3.11. The van der Waals surface area contributed by atoms with Crippen LogP contribution in [0.2, 0.25) is 0 Å². The summed E-state index contributed by atoms with van der Waals surface area (Å²) >= 11 is 0. The lowest BCUT2D eigenvalue weighted by molar-refractivity contribution is -0.138. The zero-order chi connectivity index (χ0) is 19.0. The molecule has 3 atom stereocenters. The maximum absolute atomic E-state index is 12.9. The molecule has 1 aromatic carbocycles. The second-order valence-corrected chi connectivity index (χ2v) is 7.75. The van der Waals surface area contributed by atoms with Crippen molar-refractivity contribution in [3.8, 4) is 0 Å². The molecule has 0 radical (unpaired) electrons. The van der Waals surface area contributed by atoms with Crippen LogP contribution >= 0.6 is 12.4 Å².